The molecule has 148 valence electrons. The first kappa shape index (κ1) is 22.4. The Balaban J connectivity index is 2.55. The summed E-state index contributed by atoms with van der Waals surface area (Å²) in [5.74, 6) is 0.516. The molecule has 0 aromatic heterocycles. The van der Waals surface area contributed by atoms with Crippen LogP contribution >= 0.6 is 0 Å². The van der Waals surface area contributed by atoms with Gasteiger partial charge in [-0.3, -0.25) is 4.99 Å². The fraction of sp³-hybridized carbons (Fsp3) is 0.650. The number of halogens is 1. The molecule has 0 saturated heterocycles. The highest BCUT2D eigenvalue weighted by Crippen LogP contribution is 2.22. The lowest BCUT2D eigenvalue weighted by atomic mass is 9.84. The third kappa shape index (κ3) is 8.15. The lowest BCUT2D eigenvalue weighted by Gasteiger charge is -2.27. The molecule has 0 aliphatic carbocycles. The van der Waals surface area contributed by atoms with E-state index >= 15 is 0 Å². The van der Waals surface area contributed by atoms with Crippen molar-refractivity contribution in [2.75, 3.05) is 47.4 Å². The molecule has 0 heterocycles. The van der Waals surface area contributed by atoms with E-state index in [0.29, 0.717) is 19.7 Å². The highest BCUT2D eigenvalue weighted by atomic mass is 19.1. The molecule has 0 aliphatic heterocycles. The summed E-state index contributed by atoms with van der Waals surface area (Å²) in [6.07, 6.45) is 1.09. The summed E-state index contributed by atoms with van der Waals surface area (Å²) in [5.41, 5.74) is 0.739. The van der Waals surface area contributed by atoms with Crippen LogP contribution in [0.5, 0.6) is 0 Å². The highest BCUT2D eigenvalue weighted by molar-refractivity contribution is 5.79. The zero-order chi connectivity index (χ0) is 19.6. The Bertz CT molecular complexity index is 560. The summed E-state index contributed by atoms with van der Waals surface area (Å²) < 4.78 is 19.3. The number of nitrogens with one attached hydrogen (secondary N) is 2. The minimum Gasteiger partial charge on any atom is -0.377 e. The minimum atomic E-state index is -0.218. The molecule has 1 aromatic carbocycles. The predicted molar refractivity (Wildman–Crippen MR) is 107 cm³/mol. The van der Waals surface area contributed by atoms with Gasteiger partial charge in [0, 0.05) is 38.7 Å². The number of benzene rings is 1. The quantitative estimate of drug-likeness (QED) is 0.494. The predicted octanol–water partition coefficient (Wildman–Crippen LogP) is 2.63. The number of ether oxygens (including phenoxy) is 1. The third-order valence-electron chi connectivity index (χ3n) is 4.33. The number of guanidine groups is 1. The van der Waals surface area contributed by atoms with Gasteiger partial charge in [0.05, 0.1) is 6.10 Å². The van der Waals surface area contributed by atoms with E-state index < -0.39 is 0 Å². The van der Waals surface area contributed by atoms with Crippen LogP contribution in [0.4, 0.5) is 4.39 Å². The van der Waals surface area contributed by atoms with E-state index in [9.17, 15) is 4.39 Å². The average molecular weight is 367 g/mol. The van der Waals surface area contributed by atoms with Gasteiger partial charge in [0.2, 0.25) is 0 Å². The molecule has 1 atom stereocenters. The summed E-state index contributed by atoms with van der Waals surface area (Å²) in [6, 6.07) is 6.75. The molecule has 0 fully saturated rings. The molecule has 2 N–H and O–H groups in total. The molecule has 0 amide bonds. The SMILES string of the molecule is CCOC(CCN(C)C)CNC(=NC)NCC(C)(C)c1cccc(F)c1. The van der Waals surface area contributed by atoms with Gasteiger partial charge in [0.15, 0.2) is 5.96 Å². The first-order chi connectivity index (χ1) is 12.3. The van der Waals surface area contributed by atoms with Crippen molar-refractivity contribution in [2.45, 2.75) is 38.7 Å². The van der Waals surface area contributed by atoms with E-state index in [1.54, 1.807) is 19.2 Å². The molecular formula is C20H35FN4O. The fourth-order valence-corrected chi connectivity index (χ4v) is 2.63. The maximum atomic E-state index is 13.5. The molecule has 26 heavy (non-hydrogen) atoms. The molecule has 1 unspecified atom stereocenters. The Morgan fingerprint density at radius 2 is 2.04 bits per heavy atom. The van der Waals surface area contributed by atoms with Crippen LogP contribution in [0.25, 0.3) is 0 Å². The van der Waals surface area contributed by atoms with Crippen LogP contribution in [0.1, 0.15) is 32.8 Å². The summed E-state index contributed by atoms with van der Waals surface area (Å²) in [4.78, 5) is 6.44. The van der Waals surface area contributed by atoms with Crippen molar-refractivity contribution >= 4 is 5.96 Å². The summed E-state index contributed by atoms with van der Waals surface area (Å²) >= 11 is 0. The van der Waals surface area contributed by atoms with Crippen molar-refractivity contribution < 1.29 is 9.13 Å². The van der Waals surface area contributed by atoms with Gasteiger partial charge < -0.3 is 20.3 Å². The number of rotatable bonds is 10. The summed E-state index contributed by atoms with van der Waals surface area (Å²) in [5, 5.41) is 6.68. The van der Waals surface area contributed by atoms with Gasteiger partial charge in [-0.1, -0.05) is 26.0 Å². The first-order valence-corrected chi connectivity index (χ1v) is 9.25. The zero-order valence-corrected chi connectivity index (χ0v) is 17.1. The van der Waals surface area contributed by atoms with Gasteiger partial charge in [-0.2, -0.15) is 0 Å². The number of hydrogen-bond donors (Lipinski definition) is 2. The van der Waals surface area contributed by atoms with Crippen molar-refractivity contribution in [1.82, 2.24) is 15.5 Å². The molecule has 1 rings (SSSR count). The highest BCUT2D eigenvalue weighted by Gasteiger charge is 2.21. The smallest absolute Gasteiger partial charge is 0.191 e. The Kier molecular flexibility index (Phi) is 9.59. The first-order valence-electron chi connectivity index (χ1n) is 9.25. The molecule has 6 heteroatoms. The lowest BCUT2D eigenvalue weighted by molar-refractivity contribution is 0.0548. The zero-order valence-electron chi connectivity index (χ0n) is 17.1. The van der Waals surface area contributed by atoms with Crippen LogP contribution in [0.2, 0.25) is 0 Å². The van der Waals surface area contributed by atoms with Crippen molar-refractivity contribution in [2.24, 2.45) is 4.99 Å². The lowest BCUT2D eigenvalue weighted by Crippen LogP contribution is -2.46. The van der Waals surface area contributed by atoms with E-state index in [1.165, 1.54) is 6.07 Å². The molecule has 0 saturated carbocycles. The van der Waals surface area contributed by atoms with Crippen molar-refractivity contribution in [3.63, 3.8) is 0 Å². The van der Waals surface area contributed by atoms with Gasteiger partial charge in [0.25, 0.3) is 0 Å². The Morgan fingerprint density at radius 1 is 1.31 bits per heavy atom. The molecular weight excluding hydrogens is 331 g/mol. The van der Waals surface area contributed by atoms with Crippen molar-refractivity contribution in [3.8, 4) is 0 Å². The van der Waals surface area contributed by atoms with Gasteiger partial charge in [-0.15, -0.1) is 0 Å². The third-order valence-corrected chi connectivity index (χ3v) is 4.33. The van der Waals surface area contributed by atoms with E-state index in [1.807, 2.05) is 13.0 Å². The van der Waals surface area contributed by atoms with Crippen LogP contribution in [0.3, 0.4) is 0 Å². The largest absolute Gasteiger partial charge is 0.377 e. The van der Waals surface area contributed by atoms with Gasteiger partial charge >= 0.3 is 0 Å². The molecule has 0 bridgehead atoms. The van der Waals surface area contributed by atoms with Gasteiger partial charge in [-0.25, -0.2) is 4.39 Å². The molecule has 5 nitrogen and oxygen atoms in total. The fourth-order valence-electron chi connectivity index (χ4n) is 2.63. The maximum Gasteiger partial charge on any atom is 0.191 e. The van der Waals surface area contributed by atoms with Crippen LogP contribution in [-0.2, 0) is 10.2 Å². The van der Waals surface area contributed by atoms with Crippen LogP contribution in [0, 0.1) is 5.82 Å². The minimum absolute atomic E-state index is 0.136. The topological polar surface area (TPSA) is 48.9 Å². The van der Waals surface area contributed by atoms with E-state index in [4.69, 9.17) is 4.74 Å². The number of aliphatic imine (C=N–C) groups is 1. The molecule has 0 spiro atoms. The van der Waals surface area contributed by atoms with Crippen LogP contribution in [0.15, 0.2) is 29.3 Å². The molecule has 0 aliphatic rings. The Hall–Kier alpha value is -1.66. The van der Waals surface area contributed by atoms with Gasteiger partial charge in [0.1, 0.15) is 5.82 Å². The second-order valence-corrected chi connectivity index (χ2v) is 7.37. The molecule has 1 aromatic rings. The number of nitrogens with zero attached hydrogens (tertiary/aromatic N) is 2. The maximum absolute atomic E-state index is 13.5. The van der Waals surface area contributed by atoms with Crippen molar-refractivity contribution in [3.05, 3.63) is 35.6 Å². The second kappa shape index (κ2) is 11.1. The van der Waals surface area contributed by atoms with Gasteiger partial charge in [-0.05, 0) is 45.1 Å². The Morgan fingerprint density at radius 3 is 2.62 bits per heavy atom. The number of hydrogen-bond acceptors (Lipinski definition) is 3. The van der Waals surface area contributed by atoms with Crippen molar-refractivity contribution in [1.29, 1.82) is 0 Å². The standard InChI is InChI=1S/C20H35FN4O/c1-7-26-18(11-12-25(5)6)14-23-19(22-4)24-15-20(2,3)16-9-8-10-17(21)13-16/h8-10,13,18H,7,11-12,14-15H2,1-6H3,(H2,22,23,24). The molecule has 0 radical (unpaired) electrons. The van der Waals surface area contributed by atoms with E-state index in [0.717, 1.165) is 24.5 Å². The van der Waals surface area contributed by atoms with E-state index in [2.05, 4.69) is 48.5 Å². The van der Waals surface area contributed by atoms with Crippen LogP contribution in [-0.4, -0.2) is 64.3 Å². The normalized spacial score (nSPS) is 13.8. The Labute approximate surface area is 158 Å². The van der Waals surface area contributed by atoms with Crippen LogP contribution < -0.4 is 10.6 Å². The summed E-state index contributed by atoms with van der Waals surface area (Å²) in [6.45, 7) is 9.19. The second-order valence-electron chi connectivity index (χ2n) is 7.37. The summed E-state index contributed by atoms with van der Waals surface area (Å²) in [7, 11) is 5.87. The average Bonchev–Trinajstić information content (AvgIpc) is 2.59. The van der Waals surface area contributed by atoms with E-state index in [-0.39, 0.29) is 17.3 Å². The monoisotopic (exact) mass is 366 g/mol.